The number of anilines is 1. The molecule has 0 spiro atoms. The maximum atomic E-state index is 8.93. The van der Waals surface area contributed by atoms with E-state index in [1.165, 1.54) is 38.5 Å². The van der Waals surface area contributed by atoms with Crippen molar-refractivity contribution in [2.45, 2.75) is 44.1 Å². The highest BCUT2D eigenvalue weighted by Crippen LogP contribution is 2.56. The van der Waals surface area contributed by atoms with Gasteiger partial charge in [-0.25, -0.2) is 0 Å². The molecular weight excluding hydrogens is 268 g/mol. The Balaban J connectivity index is 1.61. The van der Waals surface area contributed by atoms with Crippen LogP contribution in [0, 0.1) is 29.1 Å². The second kappa shape index (κ2) is 4.40. The van der Waals surface area contributed by atoms with E-state index in [1.807, 2.05) is 12.1 Å². The molecular formula is C17H19ClN2. The van der Waals surface area contributed by atoms with Crippen LogP contribution in [0.2, 0.25) is 5.02 Å². The molecule has 0 atom stereocenters. The van der Waals surface area contributed by atoms with Crippen molar-refractivity contribution in [2.24, 2.45) is 17.8 Å². The van der Waals surface area contributed by atoms with Crippen LogP contribution in [0.1, 0.15) is 44.1 Å². The fraction of sp³-hybridized carbons (Fsp3) is 0.588. The van der Waals surface area contributed by atoms with E-state index in [4.69, 9.17) is 16.9 Å². The Labute approximate surface area is 125 Å². The number of nitrogens with zero attached hydrogens (tertiary/aromatic N) is 1. The molecule has 1 N–H and O–H groups in total. The lowest BCUT2D eigenvalue weighted by molar-refractivity contribution is 0.0107. The molecule has 4 aliphatic rings. The number of benzene rings is 1. The summed E-state index contributed by atoms with van der Waals surface area (Å²) in [6.07, 6.45) is 8.24. The molecule has 0 radical (unpaired) electrons. The third-order valence-electron chi connectivity index (χ3n) is 5.54. The van der Waals surface area contributed by atoms with Gasteiger partial charge in [0.05, 0.1) is 22.3 Å². The molecule has 0 unspecified atom stereocenters. The van der Waals surface area contributed by atoms with E-state index in [9.17, 15) is 0 Å². The van der Waals surface area contributed by atoms with Gasteiger partial charge in [-0.15, -0.1) is 0 Å². The van der Waals surface area contributed by atoms with E-state index < -0.39 is 0 Å². The molecule has 20 heavy (non-hydrogen) atoms. The Bertz CT molecular complexity index is 552. The van der Waals surface area contributed by atoms with Gasteiger partial charge in [0.15, 0.2) is 0 Å². The highest BCUT2D eigenvalue weighted by molar-refractivity contribution is 6.33. The number of nitriles is 1. The normalized spacial score (nSPS) is 37.7. The van der Waals surface area contributed by atoms with Gasteiger partial charge in [0.25, 0.3) is 0 Å². The Morgan fingerprint density at radius 3 is 2.20 bits per heavy atom. The summed E-state index contributed by atoms with van der Waals surface area (Å²) in [5.74, 6) is 2.77. The number of rotatable bonds is 2. The maximum absolute atomic E-state index is 8.93. The molecule has 4 fully saturated rings. The fourth-order valence-corrected chi connectivity index (χ4v) is 5.46. The zero-order valence-corrected chi connectivity index (χ0v) is 12.3. The fourth-order valence-electron chi connectivity index (χ4n) is 5.24. The van der Waals surface area contributed by atoms with Gasteiger partial charge in [0.2, 0.25) is 0 Å². The van der Waals surface area contributed by atoms with Crippen molar-refractivity contribution in [2.75, 3.05) is 5.32 Å². The summed E-state index contributed by atoms with van der Waals surface area (Å²) >= 11 is 6.33. The molecule has 4 aliphatic carbocycles. The molecule has 104 valence electrons. The zero-order valence-electron chi connectivity index (χ0n) is 11.5. The highest BCUT2D eigenvalue weighted by atomic mass is 35.5. The summed E-state index contributed by atoms with van der Waals surface area (Å²) in [6.45, 7) is 0. The lowest BCUT2D eigenvalue weighted by Crippen LogP contribution is -2.54. The van der Waals surface area contributed by atoms with Crippen LogP contribution >= 0.6 is 11.6 Å². The van der Waals surface area contributed by atoms with Crippen molar-refractivity contribution in [1.82, 2.24) is 0 Å². The molecule has 1 aromatic carbocycles. The van der Waals surface area contributed by atoms with Gasteiger partial charge in [0.1, 0.15) is 0 Å². The minimum absolute atomic E-state index is 0.270. The van der Waals surface area contributed by atoms with Crippen LogP contribution in [0.5, 0.6) is 0 Å². The molecule has 0 aliphatic heterocycles. The molecule has 5 rings (SSSR count). The number of halogens is 1. The van der Waals surface area contributed by atoms with E-state index in [0.29, 0.717) is 10.6 Å². The largest absolute Gasteiger partial charge is 0.378 e. The predicted octanol–water partition coefficient (Wildman–Crippen LogP) is 4.59. The van der Waals surface area contributed by atoms with E-state index >= 15 is 0 Å². The number of hydrogen-bond acceptors (Lipinski definition) is 2. The predicted molar refractivity (Wildman–Crippen MR) is 80.7 cm³/mol. The summed E-state index contributed by atoms with van der Waals surface area (Å²) in [7, 11) is 0. The first-order valence-electron chi connectivity index (χ1n) is 7.64. The van der Waals surface area contributed by atoms with Crippen LogP contribution in [0.4, 0.5) is 5.69 Å². The number of hydrogen-bond donors (Lipinski definition) is 1. The minimum Gasteiger partial charge on any atom is -0.378 e. The Kier molecular flexibility index (Phi) is 2.76. The van der Waals surface area contributed by atoms with Crippen molar-refractivity contribution in [1.29, 1.82) is 5.26 Å². The van der Waals surface area contributed by atoms with Crippen molar-refractivity contribution in [3.63, 3.8) is 0 Å². The standard InChI is InChI=1S/C17H19ClN2/c18-15-6-11(10-19)1-2-16(15)20-17-7-12-3-13(8-17)5-14(4-12)9-17/h1-2,6,12-14,20H,3-5,7-9H2. The van der Waals surface area contributed by atoms with Crippen molar-refractivity contribution < 1.29 is 0 Å². The monoisotopic (exact) mass is 286 g/mol. The van der Waals surface area contributed by atoms with E-state index in [0.717, 1.165) is 23.4 Å². The van der Waals surface area contributed by atoms with E-state index in [-0.39, 0.29) is 5.54 Å². The smallest absolute Gasteiger partial charge is 0.0992 e. The summed E-state index contributed by atoms with van der Waals surface area (Å²) in [4.78, 5) is 0. The minimum atomic E-state index is 0.270. The summed E-state index contributed by atoms with van der Waals surface area (Å²) in [6, 6.07) is 7.74. The third kappa shape index (κ3) is 2.00. The first-order chi connectivity index (χ1) is 9.66. The zero-order chi connectivity index (χ0) is 13.7. The highest BCUT2D eigenvalue weighted by Gasteiger charge is 2.50. The summed E-state index contributed by atoms with van der Waals surface area (Å²) in [5.41, 5.74) is 1.91. The van der Waals surface area contributed by atoms with Crippen molar-refractivity contribution in [3.8, 4) is 6.07 Å². The van der Waals surface area contributed by atoms with Gasteiger partial charge in [0, 0.05) is 5.54 Å². The molecule has 0 amide bonds. The second-order valence-corrected chi connectivity index (χ2v) is 7.54. The van der Waals surface area contributed by atoms with Gasteiger partial charge < -0.3 is 5.32 Å². The summed E-state index contributed by atoms with van der Waals surface area (Å²) in [5, 5.41) is 13.4. The molecule has 0 heterocycles. The van der Waals surface area contributed by atoms with Gasteiger partial charge in [-0.05, 0) is 74.5 Å². The van der Waals surface area contributed by atoms with Gasteiger partial charge in [-0.1, -0.05) is 11.6 Å². The molecule has 4 saturated carbocycles. The van der Waals surface area contributed by atoms with Crippen LogP contribution in [0.15, 0.2) is 18.2 Å². The van der Waals surface area contributed by atoms with Gasteiger partial charge in [-0.3, -0.25) is 0 Å². The van der Waals surface area contributed by atoms with E-state index in [1.54, 1.807) is 6.07 Å². The maximum Gasteiger partial charge on any atom is 0.0992 e. The Morgan fingerprint density at radius 2 is 1.70 bits per heavy atom. The lowest BCUT2D eigenvalue weighted by Gasteiger charge is -2.57. The van der Waals surface area contributed by atoms with Gasteiger partial charge in [-0.2, -0.15) is 5.26 Å². The van der Waals surface area contributed by atoms with Crippen molar-refractivity contribution >= 4 is 17.3 Å². The molecule has 0 saturated heterocycles. The van der Waals surface area contributed by atoms with E-state index in [2.05, 4.69) is 11.4 Å². The molecule has 0 aromatic heterocycles. The lowest BCUT2D eigenvalue weighted by atomic mass is 9.53. The van der Waals surface area contributed by atoms with Crippen LogP contribution in [-0.2, 0) is 0 Å². The average molecular weight is 287 g/mol. The van der Waals surface area contributed by atoms with Crippen LogP contribution in [-0.4, -0.2) is 5.54 Å². The Hall–Kier alpha value is -1.20. The van der Waals surface area contributed by atoms with Crippen LogP contribution in [0.25, 0.3) is 0 Å². The first-order valence-corrected chi connectivity index (χ1v) is 8.01. The molecule has 4 bridgehead atoms. The second-order valence-electron chi connectivity index (χ2n) is 7.13. The topological polar surface area (TPSA) is 35.8 Å². The molecule has 3 heteroatoms. The quantitative estimate of drug-likeness (QED) is 0.863. The SMILES string of the molecule is N#Cc1ccc(NC23CC4CC(CC(C4)C2)C3)c(Cl)c1. The van der Waals surface area contributed by atoms with Crippen molar-refractivity contribution in [3.05, 3.63) is 28.8 Å². The molecule has 2 nitrogen and oxygen atoms in total. The third-order valence-corrected chi connectivity index (χ3v) is 5.85. The Morgan fingerprint density at radius 1 is 1.10 bits per heavy atom. The van der Waals surface area contributed by atoms with Crippen LogP contribution in [0.3, 0.4) is 0 Å². The molecule has 1 aromatic rings. The summed E-state index contributed by atoms with van der Waals surface area (Å²) < 4.78 is 0. The first kappa shape index (κ1) is 12.5. The average Bonchev–Trinajstić information content (AvgIpc) is 2.39. The number of nitrogens with one attached hydrogen (secondary N) is 1. The van der Waals surface area contributed by atoms with Gasteiger partial charge >= 0.3 is 0 Å². The van der Waals surface area contributed by atoms with Crippen LogP contribution < -0.4 is 5.32 Å².